The number of carbonyl (C=O) groups excluding carboxylic acids is 1. The number of nitrogens with one attached hydrogen (secondary N) is 1. The van der Waals surface area contributed by atoms with Crippen molar-refractivity contribution in [1.82, 2.24) is 14.5 Å². The van der Waals surface area contributed by atoms with E-state index in [0.717, 1.165) is 40.5 Å². The second-order valence-corrected chi connectivity index (χ2v) is 15.0. The molecule has 1 amide bonds. The summed E-state index contributed by atoms with van der Waals surface area (Å²) in [5.41, 5.74) is 2.09. The molecular formula is C37H40ClN3O5S. The highest BCUT2D eigenvalue weighted by Crippen LogP contribution is 2.33. The Bertz CT molecular complexity index is 1820. The van der Waals surface area contributed by atoms with Gasteiger partial charge in [0.05, 0.1) is 11.0 Å². The maximum absolute atomic E-state index is 14.3. The van der Waals surface area contributed by atoms with Gasteiger partial charge in [-0.2, -0.15) is 4.31 Å². The summed E-state index contributed by atoms with van der Waals surface area (Å²) in [7, 11) is -3.98. The summed E-state index contributed by atoms with van der Waals surface area (Å²) in [6.07, 6.45) is 5.21. The standard InChI is InChI=1S/C37H40ClN3O5S/c38-30-11-5-26(6-12-30)27-7-13-32(14-8-27)46-34-17-20-41(36(25-34)37(42)40-21-18-39-19-22-40)47(43,44)35-16-10-28-23-33(15-9-29(28)24-35)45-31-3-1-2-4-31/h5-16,23-24,31,34,36,39H,1-4,17-22,25H2/t34-,36-/m1/s1. The number of piperazine rings is 1. The number of hydrogen-bond donors (Lipinski definition) is 1. The first-order valence-electron chi connectivity index (χ1n) is 16.6. The van der Waals surface area contributed by atoms with E-state index < -0.39 is 16.1 Å². The number of ether oxygens (including phenoxy) is 2. The molecule has 8 nitrogen and oxygen atoms in total. The normalized spacial score (nSPS) is 21.2. The number of halogens is 1. The third-order valence-corrected chi connectivity index (χ3v) is 11.7. The number of carbonyl (C=O) groups is 1. The van der Waals surface area contributed by atoms with Crippen LogP contribution in [-0.2, 0) is 14.8 Å². The molecule has 4 aromatic rings. The molecule has 1 N–H and O–H groups in total. The van der Waals surface area contributed by atoms with Crippen molar-refractivity contribution < 1.29 is 22.7 Å². The molecule has 2 atom stereocenters. The fourth-order valence-electron chi connectivity index (χ4n) is 6.96. The Kier molecular flexibility index (Phi) is 9.41. The Morgan fingerprint density at radius 3 is 2.06 bits per heavy atom. The molecule has 4 aromatic carbocycles. The molecule has 47 heavy (non-hydrogen) atoms. The number of hydrogen-bond acceptors (Lipinski definition) is 6. The summed E-state index contributed by atoms with van der Waals surface area (Å²) >= 11 is 6.05. The molecule has 2 heterocycles. The second kappa shape index (κ2) is 13.8. The lowest BCUT2D eigenvalue weighted by molar-refractivity contribution is -0.138. The van der Waals surface area contributed by atoms with E-state index in [1.807, 2.05) is 72.8 Å². The van der Waals surface area contributed by atoms with Crippen molar-refractivity contribution in [3.8, 4) is 22.6 Å². The van der Waals surface area contributed by atoms with Crippen LogP contribution in [0.2, 0.25) is 5.02 Å². The van der Waals surface area contributed by atoms with Crippen LogP contribution in [0, 0.1) is 0 Å². The van der Waals surface area contributed by atoms with Crippen LogP contribution in [-0.4, -0.2) is 74.5 Å². The fraction of sp³-hybridized carbons (Fsp3) is 0.378. The number of rotatable bonds is 8. The number of fused-ring (bicyclic) bond motifs is 1. The minimum absolute atomic E-state index is 0.170. The van der Waals surface area contributed by atoms with Crippen LogP contribution >= 0.6 is 11.6 Å². The minimum atomic E-state index is -3.98. The van der Waals surface area contributed by atoms with E-state index in [-0.39, 0.29) is 36.0 Å². The quantitative estimate of drug-likeness (QED) is 0.229. The van der Waals surface area contributed by atoms with Gasteiger partial charge in [-0.1, -0.05) is 48.0 Å². The summed E-state index contributed by atoms with van der Waals surface area (Å²) in [6.45, 7) is 2.64. The molecule has 1 aliphatic carbocycles. The molecule has 0 aromatic heterocycles. The van der Waals surface area contributed by atoms with Gasteiger partial charge >= 0.3 is 0 Å². The van der Waals surface area contributed by atoms with Gasteiger partial charge in [-0.25, -0.2) is 8.42 Å². The fourth-order valence-corrected chi connectivity index (χ4v) is 8.73. The van der Waals surface area contributed by atoms with Gasteiger partial charge in [0.25, 0.3) is 0 Å². The molecule has 0 spiro atoms. The molecule has 10 heteroatoms. The molecule has 2 saturated heterocycles. The lowest BCUT2D eigenvalue weighted by atomic mass is 10.00. The van der Waals surface area contributed by atoms with Crippen LogP contribution in [0.15, 0.2) is 89.8 Å². The molecule has 0 radical (unpaired) electrons. The van der Waals surface area contributed by atoms with Crippen molar-refractivity contribution in [3.63, 3.8) is 0 Å². The Morgan fingerprint density at radius 1 is 0.723 bits per heavy atom. The third kappa shape index (κ3) is 7.14. The van der Waals surface area contributed by atoms with E-state index in [4.69, 9.17) is 21.1 Å². The molecule has 0 unspecified atom stereocenters. The van der Waals surface area contributed by atoms with Crippen LogP contribution in [0.25, 0.3) is 21.9 Å². The molecule has 1 saturated carbocycles. The zero-order valence-corrected chi connectivity index (χ0v) is 27.9. The summed E-state index contributed by atoms with van der Waals surface area (Å²) in [5, 5.41) is 5.69. The molecule has 7 rings (SSSR count). The van der Waals surface area contributed by atoms with E-state index in [1.54, 1.807) is 17.0 Å². The Labute approximate surface area is 281 Å². The second-order valence-electron chi connectivity index (χ2n) is 12.7. The van der Waals surface area contributed by atoms with Crippen LogP contribution in [0.1, 0.15) is 38.5 Å². The van der Waals surface area contributed by atoms with E-state index in [0.29, 0.717) is 43.4 Å². The average molecular weight is 674 g/mol. The minimum Gasteiger partial charge on any atom is -0.490 e. The van der Waals surface area contributed by atoms with Gasteiger partial charge in [0, 0.05) is 44.2 Å². The maximum atomic E-state index is 14.3. The summed E-state index contributed by atoms with van der Waals surface area (Å²) in [5.74, 6) is 1.32. The van der Waals surface area contributed by atoms with Gasteiger partial charge in [0.2, 0.25) is 15.9 Å². The first-order valence-corrected chi connectivity index (χ1v) is 18.4. The van der Waals surface area contributed by atoms with Gasteiger partial charge in [0.1, 0.15) is 23.6 Å². The molecule has 2 aliphatic heterocycles. The van der Waals surface area contributed by atoms with Crippen molar-refractivity contribution in [3.05, 3.63) is 90.0 Å². The predicted molar refractivity (Wildman–Crippen MR) is 184 cm³/mol. The zero-order valence-electron chi connectivity index (χ0n) is 26.3. The highest BCUT2D eigenvalue weighted by Gasteiger charge is 2.43. The number of amides is 1. The van der Waals surface area contributed by atoms with E-state index in [9.17, 15) is 13.2 Å². The zero-order chi connectivity index (χ0) is 32.4. The van der Waals surface area contributed by atoms with Crippen LogP contribution < -0.4 is 14.8 Å². The van der Waals surface area contributed by atoms with E-state index >= 15 is 0 Å². The number of benzene rings is 4. The van der Waals surface area contributed by atoms with Gasteiger partial charge in [0.15, 0.2) is 0 Å². The van der Waals surface area contributed by atoms with Gasteiger partial charge in [-0.05, 0) is 103 Å². The maximum Gasteiger partial charge on any atom is 0.243 e. The van der Waals surface area contributed by atoms with Crippen LogP contribution in [0.3, 0.4) is 0 Å². The van der Waals surface area contributed by atoms with Crippen molar-refractivity contribution in [1.29, 1.82) is 0 Å². The summed E-state index contributed by atoms with van der Waals surface area (Å²) < 4.78 is 42.5. The predicted octanol–water partition coefficient (Wildman–Crippen LogP) is 6.51. The Morgan fingerprint density at radius 2 is 1.34 bits per heavy atom. The lowest BCUT2D eigenvalue weighted by Crippen LogP contribution is -2.58. The van der Waals surface area contributed by atoms with Gasteiger partial charge in [-0.3, -0.25) is 4.79 Å². The van der Waals surface area contributed by atoms with E-state index in [2.05, 4.69) is 5.32 Å². The Hall–Kier alpha value is -3.63. The highest BCUT2D eigenvalue weighted by molar-refractivity contribution is 7.89. The Balaban J connectivity index is 1.10. The number of sulfonamides is 1. The molecular weight excluding hydrogens is 634 g/mol. The van der Waals surface area contributed by atoms with Crippen molar-refractivity contribution in [2.75, 3.05) is 32.7 Å². The number of piperidine rings is 1. The lowest BCUT2D eigenvalue weighted by Gasteiger charge is -2.40. The molecule has 3 aliphatic rings. The number of nitrogens with zero attached hydrogens (tertiary/aromatic N) is 2. The van der Waals surface area contributed by atoms with Crippen molar-refractivity contribution in [2.45, 2.75) is 61.7 Å². The van der Waals surface area contributed by atoms with Crippen LogP contribution in [0.5, 0.6) is 11.5 Å². The monoisotopic (exact) mass is 673 g/mol. The van der Waals surface area contributed by atoms with Crippen molar-refractivity contribution >= 4 is 38.3 Å². The smallest absolute Gasteiger partial charge is 0.243 e. The van der Waals surface area contributed by atoms with Crippen LogP contribution in [0.4, 0.5) is 0 Å². The first-order chi connectivity index (χ1) is 22.8. The average Bonchev–Trinajstić information content (AvgIpc) is 3.62. The molecule has 0 bridgehead atoms. The van der Waals surface area contributed by atoms with Gasteiger partial charge < -0.3 is 19.7 Å². The molecule has 3 fully saturated rings. The first kappa shape index (κ1) is 31.9. The van der Waals surface area contributed by atoms with Gasteiger partial charge in [-0.15, -0.1) is 0 Å². The van der Waals surface area contributed by atoms with E-state index in [1.165, 1.54) is 17.1 Å². The third-order valence-electron chi connectivity index (χ3n) is 9.55. The molecule has 246 valence electrons. The summed E-state index contributed by atoms with van der Waals surface area (Å²) in [6, 6.07) is 25.6. The highest BCUT2D eigenvalue weighted by atomic mass is 35.5. The largest absolute Gasteiger partial charge is 0.490 e. The SMILES string of the molecule is O=C([C@H]1C[C@H](Oc2ccc(-c3ccc(Cl)cc3)cc2)CCN1S(=O)(=O)c1ccc2cc(OC3CCCC3)ccc2c1)N1CCNCC1. The van der Waals surface area contributed by atoms with Crippen molar-refractivity contribution in [2.24, 2.45) is 0 Å². The topological polar surface area (TPSA) is 88.2 Å². The summed E-state index contributed by atoms with van der Waals surface area (Å²) in [4.78, 5) is 15.9.